The summed E-state index contributed by atoms with van der Waals surface area (Å²) >= 11 is 1.54. The first-order chi connectivity index (χ1) is 7.24. The van der Waals surface area contributed by atoms with Crippen LogP contribution in [0.3, 0.4) is 0 Å². The summed E-state index contributed by atoms with van der Waals surface area (Å²) in [5.74, 6) is 0.423. The topological polar surface area (TPSA) is 29.5 Å². The summed E-state index contributed by atoms with van der Waals surface area (Å²) in [6, 6.07) is 5.99. The first kappa shape index (κ1) is 10.8. The molecule has 82 valence electrons. The van der Waals surface area contributed by atoms with Crippen molar-refractivity contribution in [1.29, 1.82) is 0 Å². The standard InChI is InChI=1S/C11H13FO2S/c12-8-1-3-9(4-2-8)14-7-10-5-6-11(13)15-10/h1-4,10-11,13H,5-7H2. The number of halogens is 1. The van der Waals surface area contributed by atoms with Crippen LogP contribution in [0.5, 0.6) is 5.75 Å². The lowest BCUT2D eigenvalue weighted by Gasteiger charge is -2.10. The number of thioether (sulfide) groups is 1. The maximum atomic E-state index is 12.6. The van der Waals surface area contributed by atoms with Crippen molar-refractivity contribution in [1.82, 2.24) is 0 Å². The lowest BCUT2D eigenvalue weighted by Crippen LogP contribution is -2.11. The van der Waals surface area contributed by atoms with Crippen LogP contribution in [-0.2, 0) is 0 Å². The molecule has 2 nitrogen and oxygen atoms in total. The van der Waals surface area contributed by atoms with Crippen LogP contribution in [0.1, 0.15) is 12.8 Å². The van der Waals surface area contributed by atoms with E-state index in [-0.39, 0.29) is 11.3 Å². The monoisotopic (exact) mass is 228 g/mol. The number of benzene rings is 1. The number of rotatable bonds is 3. The smallest absolute Gasteiger partial charge is 0.123 e. The average Bonchev–Trinajstić information content (AvgIpc) is 2.64. The molecule has 1 aromatic carbocycles. The predicted octanol–water partition coefficient (Wildman–Crippen LogP) is 2.42. The molecule has 0 radical (unpaired) electrons. The van der Waals surface area contributed by atoms with E-state index in [4.69, 9.17) is 4.74 Å². The molecule has 0 aliphatic carbocycles. The van der Waals surface area contributed by atoms with Gasteiger partial charge in [0.05, 0.1) is 5.44 Å². The Morgan fingerprint density at radius 2 is 2.07 bits per heavy atom. The number of ether oxygens (including phenoxy) is 1. The highest BCUT2D eigenvalue weighted by Crippen LogP contribution is 2.32. The molecule has 2 atom stereocenters. The van der Waals surface area contributed by atoms with Gasteiger partial charge in [-0.2, -0.15) is 0 Å². The lowest BCUT2D eigenvalue weighted by molar-refractivity contribution is 0.257. The lowest BCUT2D eigenvalue weighted by atomic mass is 10.2. The van der Waals surface area contributed by atoms with Gasteiger partial charge < -0.3 is 9.84 Å². The van der Waals surface area contributed by atoms with Gasteiger partial charge in [-0.15, -0.1) is 11.8 Å². The van der Waals surface area contributed by atoms with Crippen molar-refractivity contribution in [3.8, 4) is 5.75 Å². The van der Waals surface area contributed by atoms with Gasteiger partial charge in [-0.3, -0.25) is 0 Å². The minimum atomic E-state index is -0.256. The Bertz CT molecular complexity index is 315. The molecule has 4 heteroatoms. The highest BCUT2D eigenvalue weighted by atomic mass is 32.2. The Morgan fingerprint density at radius 1 is 1.33 bits per heavy atom. The second-order valence-electron chi connectivity index (χ2n) is 3.56. The molecule has 15 heavy (non-hydrogen) atoms. The Balaban J connectivity index is 1.80. The minimum Gasteiger partial charge on any atom is -0.492 e. The van der Waals surface area contributed by atoms with E-state index < -0.39 is 0 Å². The Hall–Kier alpha value is -0.740. The molecule has 2 unspecified atom stereocenters. The largest absolute Gasteiger partial charge is 0.492 e. The first-order valence-electron chi connectivity index (χ1n) is 4.96. The zero-order valence-corrected chi connectivity index (χ0v) is 9.04. The normalized spacial score (nSPS) is 25.5. The molecule has 1 heterocycles. The molecular formula is C11H13FO2S. The quantitative estimate of drug-likeness (QED) is 0.861. The SMILES string of the molecule is OC1CCC(COc2ccc(F)cc2)S1. The van der Waals surface area contributed by atoms with Crippen LogP contribution in [-0.4, -0.2) is 22.4 Å². The molecule has 1 saturated heterocycles. The van der Waals surface area contributed by atoms with E-state index >= 15 is 0 Å². The molecule has 1 N–H and O–H groups in total. The van der Waals surface area contributed by atoms with E-state index in [9.17, 15) is 9.50 Å². The summed E-state index contributed by atoms with van der Waals surface area (Å²) in [6.45, 7) is 0.577. The third-order valence-electron chi connectivity index (χ3n) is 2.33. The minimum absolute atomic E-state index is 0.244. The zero-order valence-electron chi connectivity index (χ0n) is 8.23. The maximum absolute atomic E-state index is 12.6. The molecule has 0 saturated carbocycles. The molecule has 0 spiro atoms. The Labute approximate surface area is 92.4 Å². The summed E-state index contributed by atoms with van der Waals surface area (Å²) < 4.78 is 18.1. The fourth-order valence-corrected chi connectivity index (χ4v) is 2.66. The van der Waals surface area contributed by atoms with Crippen molar-refractivity contribution in [2.45, 2.75) is 23.5 Å². The molecule has 1 aliphatic heterocycles. The second-order valence-corrected chi connectivity index (χ2v) is 5.04. The number of aliphatic hydroxyl groups is 1. The summed E-state index contributed by atoms with van der Waals surface area (Å²) in [4.78, 5) is 0. The average molecular weight is 228 g/mol. The number of aliphatic hydroxyl groups excluding tert-OH is 1. The van der Waals surface area contributed by atoms with E-state index in [1.54, 1.807) is 23.9 Å². The van der Waals surface area contributed by atoms with Crippen molar-refractivity contribution >= 4 is 11.8 Å². The van der Waals surface area contributed by atoms with Crippen molar-refractivity contribution in [3.05, 3.63) is 30.1 Å². The van der Waals surface area contributed by atoms with Crippen LogP contribution < -0.4 is 4.74 Å². The van der Waals surface area contributed by atoms with Gasteiger partial charge in [0.2, 0.25) is 0 Å². The van der Waals surface area contributed by atoms with Gasteiger partial charge in [0, 0.05) is 5.25 Å². The van der Waals surface area contributed by atoms with Crippen LogP contribution in [0.15, 0.2) is 24.3 Å². The van der Waals surface area contributed by atoms with Crippen LogP contribution in [0.4, 0.5) is 4.39 Å². The van der Waals surface area contributed by atoms with E-state index in [0.717, 1.165) is 12.8 Å². The van der Waals surface area contributed by atoms with Crippen molar-refractivity contribution in [2.24, 2.45) is 0 Å². The Kier molecular flexibility index (Phi) is 3.49. The van der Waals surface area contributed by atoms with Gasteiger partial charge in [0.1, 0.15) is 18.2 Å². The second kappa shape index (κ2) is 4.86. The summed E-state index contributed by atoms with van der Waals surface area (Å²) in [7, 11) is 0. The van der Waals surface area contributed by atoms with Gasteiger partial charge in [0.15, 0.2) is 0 Å². The highest BCUT2D eigenvalue weighted by Gasteiger charge is 2.23. The molecule has 0 amide bonds. The first-order valence-corrected chi connectivity index (χ1v) is 5.90. The van der Waals surface area contributed by atoms with Crippen molar-refractivity contribution < 1.29 is 14.2 Å². The maximum Gasteiger partial charge on any atom is 0.123 e. The zero-order chi connectivity index (χ0) is 10.7. The van der Waals surface area contributed by atoms with E-state index in [1.807, 2.05) is 0 Å². The molecular weight excluding hydrogens is 215 g/mol. The molecule has 1 fully saturated rings. The molecule has 1 aromatic rings. The molecule has 0 aromatic heterocycles. The van der Waals surface area contributed by atoms with Crippen molar-refractivity contribution in [2.75, 3.05) is 6.61 Å². The van der Waals surface area contributed by atoms with Gasteiger partial charge in [-0.05, 0) is 37.1 Å². The third kappa shape index (κ3) is 3.11. The van der Waals surface area contributed by atoms with E-state index in [1.165, 1.54) is 12.1 Å². The molecule has 0 bridgehead atoms. The fourth-order valence-electron chi connectivity index (χ4n) is 1.53. The number of hydrogen-bond donors (Lipinski definition) is 1. The number of hydrogen-bond acceptors (Lipinski definition) is 3. The van der Waals surface area contributed by atoms with Gasteiger partial charge >= 0.3 is 0 Å². The van der Waals surface area contributed by atoms with Crippen LogP contribution in [0.25, 0.3) is 0 Å². The predicted molar refractivity (Wildman–Crippen MR) is 58.5 cm³/mol. The van der Waals surface area contributed by atoms with Gasteiger partial charge in [-0.1, -0.05) is 0 Å². The fraction of sp³-hybridized carbons (Fsp3) is 0.455. The van der Waals surface area contributed by atoms with E-state index in [2.05, 4.69) is 0 Å². The van der Waals surface area contributed by atoms with Crippen LogP contribution in [0, 0.1) is 5.82 Å². The molecule has 1 aliphatic rings. The summed E-state index contributed by atoms with van der Waals surface area (Å²) in [6.07, 6.45) is 1.81. The third-order valence-corrected chi connectivity index (χ3v) is 3.64. The van der Waals surface area contributed by atoms with Gasteiger partial charge in [0.25, 0.3) is 0 Å². The van der Waals surface area contributed by atoms with Gasteiger partial charge in [-0.25, -0.2) is 4.39 Å². The van der Waals surface area contributed by atoms with E-state index in [0.29, 0.717) is 17.6 Å². The van der Waals surface area contributed by atoms with Crippen LogP contribution in [0.2, 0.25) is 0 Å². The Morgan fingerprint density at radius 3 is 2.67 bits per heavy atom. The highest BCUT2D eigenvalue weighted by molar-refractivity contribution is 8.00. The summed E-state index contributed by atoms with van der Waals surface area (Å²) in [5, 5.41) is 9.64. The van der Waals surface area contributed by atoms with Crippen molar-refractivity contribution in [3.63, 3.8) is 0 Å². The summed E-state index contributed by atoms with van der Waals surface area (Å²) in [5.41, 5.74) is -0.244. The van der Waals surface area contributed by atoms with Crippen LogP contribution >= 0.6 is 11.8 Å². The molecule has 2 rings (SSSR count).